The minimum absolute atomic E-state index is 0.0771. The molecule has 0 aromatic heterocycles. The molecular formula is C22H27Cl2N3O4. The van der Waals surface area contributed by atoms with Gasteiger partial charge in [0.15, 0.2) is 0 Å². The van der Waals surface area contributed by atoms with Gasteiger partial charge >= 0.3 is 0 Å². The highest BCUT2D eigenvalue weighted by molar-refractivity contribution is 6.30. The Hall–Kier alpha value is -1.70. The molecule has 2 saturated heterocycles. The third kappa shape index (κ3) is 4.20. The molecule has 0 aromatic carbocycles. The lowest BCUT2D eigenvalue weighted by Gasteiger charge is -2.30. The minimum Gasteiger partial charge on any atom is -0.274 e. The number of carbonyl (C=O) groups excluding carboxylic acids is 4. The maximum atomic E-state index is 12.9. The van der Waals surface area contributed by atoms with Crippen LogP contribution < -0.4 is 0 Å². The molecular weight excluding hydrogens is 441 g/mol. The van der Waals surface area contributed by atoms with Gasteiger partial charge in [-0.1, -0.05) is 48.7 Å². The predicted octanol–water partition coefficient (Wildman–Crippen LogP) is 3.04. The molecule has 7 nitrogen and oxygen atoms in total. The summed E-state index contributed by atoms with van der Waals surface area (Å²) in [6.45, 7) is 2.77. The zero-order valence-electron chi connectivity index (χ0n) is 17.6. The van der Waals surface area contributed by atoms with E-state index in [0.29, 0.717) is 42.3 Å². The highest BCUT2D eigenvalue weighted by atomic mass is 35.5. The van der Waals surface area contributed by atoms with Gasteiger partial charge in [0, 0.05) is 16.6 Å². The highest BCUT2D eigenvalue weighted by Crippen LogP contribution is 2.40. The van der Waals surface area contributed by atoms with Crippen molar-refractivity contribution < 1.29 is 19.2 Å². The summed E-state index contributed by atoms with van der Waals surface area (Å²) in [5, 5.41) is 1.24. The fourth-order valence-electron chi connectivity index (χ4n) is 5.04. The number of fused-ring (bicyclic) bond motifs is 2. The molecule has 2 aliphatic carbocycles. The van der Waals surface area contributed by atoms with Crippen molar-refractivity contribution in [2.24, 2.45) is 23.7 Å². The van der Waals surface area contributed by atoms with E-state index in [0.717, 1.165) is 12.8 Å². The van der Waals surface area contributed by atoms with Crippen molar-refractivity contribution in [3.8, 4) is 0 Å². The molecule has 0 spiro atoms. The Kier molecular flexibility index (Phi) is 6.56. The van der Waals surface area contributed by atoms with Crippen molar-refractivity contribution in [1.82, 2.24) is 14.7 Å². The van der Waals surface area contributed by atoms with Crippen LogP contribution in [0.1, 0.15) is 45.4 Å². The highest BCUT2D eigenvalue weighted by Gasteiger charge is 2.51. The minimum atomic E-state index is -0.413. The van der Waals surface area contributed by atoms with Gasteiger partial charge in [0.05, 0.1) is 37.0 Å². The Morgan fingerprint density at radius 2 is 1.23 bits per heavy atom. The van der Waals surface area contributed by atoms with Crippen LogP contribution >= 0.6 is 23.2 Å². The lowest BCUT2D eigenvalue weighted by Crippen LogP contribution is -2.48. The monoisotopic (exact) mass is 467 g/mol. The van der Waals surface area contributed by atoms with E-state index in [1.54, 1.807) is 0 Å². The fraction of sp³-hybridized carbons (Fsp3) is 0.636. The second-order valence-corrected chi connectivity index (χ2v) is 9.82. The van der Waals surface area contributed by atoms with Gasteiger partial charge in [0.1, 0.15) is 0 Å². The molecule has 0 aromatic rings. The molecule has 0 radical (unpaired) electrons. The average Bonchev–Trinajstić information content (AvgIpc) is 3.11. The van der Waals surface area contributed by atoms with E-state index in [2.05, 4.69) is 0 Å². The van der Waals surface area contributed by atoms with Gasteiger partial charge < -0.3 is 0 Å². The maximum Gasteiger partial charge on any atom is 0.234 e. The van der Waals surface area contributed by atoms with Crippen molar-refractivity contribution >= 4 is 46.8 Å². The van der Waals surface area contributed by atoms with Crippen LogP contribution in [0, 0.1) is 23.7 Å². The Morgan fingerprint density at radius 3 is 1.65 bits per heavy atom. The quantitative estimate of drug-likeness (QED) is 0.537. The third-order valence-corrected chi connectivity index (χ3v) is 7.45. The van der Waals surface area contributed by atoms with Crippen LogP contribution in [0.5, 0.6) is 0 Å². The first-order valence-electron chi connectivity index (χ1n) is 10.9. The number of carbonyl (C=O) groups is 4. The topological polar surface area (TPSA) is 78.0 Å². The second-order valence-electron chi connectivity index (χ2n) is 8.85. The van der Waals surface area contributed by atoms with Crippen LogP contribution in [0.2, 0.25) is 0 Å². The number of allylic oxidation sites excluding steroid dienone is 4. The van der Waals surface area contributed by atoms with E-state index in [-0.39, 0.29) is 48.8 Å². The van der Waals surface area contributed by atoms with Crippen molar-refractivity contribution in [3.63, 3.8) is 0 Å². The zero-order valence-corrected chi connectivity index (χ0v) is 19.1. The van der Waals surface area contributed by atoms with Gasteiger partial charge in [-0.25, -0.2) is 0 Å². The number of nitrogens with zero attached hydrogens (tertiary/aromatic N) is 3. The van der Waals surface area contributed by atoms with Gasteiger partial charge in [-0.05, 0) is 32.1 Å². The van der Waals surface area contributed by atoms with Crippen LogP contribution in [0.25, 0.3) is 0 Å². The van der Waals surface area contributed by atoms with Crippen LogP contribution in [0.3, 0.4) is 0 Å². The summed E-state index contributed by atoms with van der Waals surface area (Å²) >= 11 is 12.2. The fourth-order valence-corrected chi connectivity index (χ4v) is 5.55. The summed E-state index contributed by atoms with van der Waals surface area (Å²) < 4.78 is 0. The number of rotatable bonds is 7. The molecule has 0 N–H and O–H groups in total. The standard InChI is InChI=1S/C22H27Cl2N3O4/c1-2-3-8-25(11-26-19(28)15-6-4-13(23)9-17(15)21(26)30)12-27-20(29)16-7-5-14(24)10-18(16)22(27)31/h4-5,15-18H,2-3,6-12H2,1H3/t15-,16-,17-,18-/m0/s1. The first-order valence-corrected chi connectivity index (χ1v) is 11.7. The molecule has 0 unspecified atom stereocenters. The van der Waals surface area contributed by atoms with E-state index in [1.807, 2.05) is 24.0 Å². The van der Waals surface area contributed by atoms with Crippen LogP contribution in [-0.2, 0) is 19.2 Å². The number of likely N-dealkylation sites (tertiary alicyclic amines) is 2. The van der Waals surface area contributed by atoms with E-state index >= 15 is 0 Å². The Morgan fingerprint density at radius 1 is 0.806 bits per heavy atom. The third-order valence-electron chi connectivity index (χ3n) is 6.83. The van der Waals surface area contributed by atoms with E-state index in [4.69, 9.17) is 23.2 Å². The number of hydrogen-bond acceptors (Lipinski definition) is 5. The van der Waals surface area contributed by atoms with Gasteiger partial charge in [0.2, 0.25) is 23.6 Å². The number of imide groups is 2. The predicted molar refractivity (Wildman–Crippen MR) is 115 cm³/mol. The Balaban J connectivity index is 1.47. The summed E-state index contributed by atoms with van der Waals surface area (Å²) in [4.78, 5) is 56.1. The maximum absolute atomic E-state index is 12.9. The van der Waals surface area contributed by atoms with Gasteiger partial charge in [-0.15, -0.1) is 0 Å². The van der Waals surface area contributed by atoms with Gasteiger partial charge in [-0.2, -0.15) is 0 Å². The van der Waals surface area contributed by atoms with Crippen LogP contribution in [0.4, 0.5) is 0 Å². The second kappa shape index (κ2) is 9.04. The molecule has 0 bridgehead atoms. The summed E-state index contributed by atoms with van der Waals surface area (Å²) in [5.41, 5.74) is 0. The molecule has 4 amide bonds. The first kappa shape index (κ1) is 22.5. The van der Waals surface area contributed by atoms with Crippen molar-refractivity contribution in [1.29, 1.82) is 0 Å². The molecule has 31 heavy (non-hydrogen) atoms. The number of amides is 4. The molecule has 4 aliphatic rings. The Labute approximate surface area is 192 Å². The lowest BCUT2D eigenvalue weighted by molar-refractivity contribution is -0.145. The van der Waals surface area contributed by atoms with E-state index < -0.39 is 11.8 Å². The normalized spacial score (nSPS) is 30.7. The van der Waals surface area contributed by atoms with Gasteiger partial charge in [0.25, 0.3) is 0 Å². The smallest absolute Gasteiger partial charge is 0.234 e. The Bertz CT molecular complexity index is 805. The number of hydrogen-bond donors (Lipinski definition) is 0. The van der Waals surface area contributed by atoms with E-state index in [1.165, 1.54) is 9.80 Å². The largest absolute Gasteiger partial charge is 0.274 e. The lowest BCUT2D eigenvalue weighted by atomic mass is 9.85. The average molecular weight is 468 g/mol. The molecule has 2 fully saturated rings. The molecule has 2 aliphatic heterocycles. The molecule has 168 valence electrons. The first-order chi connectivity index (χ1) is 14.8. The zero-order chi connectivity index (χ0) is 22.3. The molecule has 2 heterocycles. The molecule has 4 rings (SSSR count). The molecule has 0 saturated carbocycles. The molecule has 4 atom stereocenters. The molecule has 9 heteroatoms. The summed E-state index contributed by atoms with van der Waals surface area (Å²) in [6.07, 6.45) is 7.09. The van der Waals surface area contributed by atoms with Crippen molar-refractivity contribution in [3.05, 3.63) is 22.2 Å². The SMILES string of the molecule is CCCCN(CN1C(=O)[C@H]2CC=C(Cl)C[C@@H]2C1=O)CN1C(=O)[C@H]2CC=C(Cl)C[C@@H]2C1=O. The number of unbranched alkanes of at least 4 members (excludes halogenated alkanes) is 1. The van der Waals surface area contributed by atoms with E-state index in [9.17, 15) is 19.2 Å². The van der Waals surface area contributed by atoms with Gasteiger partial charge in [-0.3, -0.25) is 33.9 Å². The summed E-state index contributed by atoms with van der Waals surface area (Å²) in [5.74, 6) is -2.38. The van der Waals surface area contributed by atoms with Crippen LogP contribution in [0.15, 0.2) is 22.2 Å². The van der Waals surface area contributed by atoms with Crippen molar-refractivity contribution in [2.75, 3.05) is 19.9 Å². The summed E-state index contributed by atoms with van der Waals surface area (Å²) in [7, 11) is 0. The summed E-state index contributed by atoms with van der Waals surface area (Å²) in [6, 6.07) is 0. The van der Waals surface area contributed by atoms with Crippen LogP contribution in [-0.4, -0.2) is 58.2 Å². The number of halogens is 2. The van der Waals surface area contributed by atoms with Crippen molar-refractivity contribution in [2.45, 2.75) is 45.4 Å².